The maximum atomic E-state index is 11.9. The van der Waals surface area contributed by atoms with E-state index in [9.17, 15) is 4.79 Å². The molecule has 0 saturated carbocycles. The van der Waals surface area contributed by atoms with E-state index in [0.29, 0.717) is 25.2 Å². The third-order valence-electron chi connectivity index (χ3n) is 2.67. The molecule has 6 nitrogen and oxygen atoms in total. The van der Waals surface area contributed by atoms with Crippen LogP contribution in [0.5, 0.6) is 0 Å². The van der Waals surface area contributed by atoms with Gasteiger partial charge in [0.2, 0.25) is 5.91 Å². The van der Waals surface area contributed by atoms with E-state index in [1.54, 1.807) is 17.0 Å². The second-order valence-electron chi connectivity index (χ2n) is 3.96. The topological polar surface area (TPSA) is 82.0 Å². The Labute approximate surface area is 113 Å². The molecule has 94 valence electrons. The highest BCUT2D eigenvalue weighted by molar-refractivity contribution is 6.33. The number of nitrogens with zero attached hydrogens (tertiary/aromatic N) is 5. The number of hydrogen-bond donors (Lipinski definition) is 0. The van der Waals surface area contributed by atoms with Crippen molar-refractivity contribution in [2.75, 3.05) is 18.0 Å². The zero-order valence-electron chi connectivity index (χ0n) is 9.25. The van der Waals surface area contributed by atoms with Crippen molar-refractivity contribution in [2.45, 2.75) is 6.42 Å². The Morgan fingerprint density at radius 1 is 1.50 bits per heavy atom. The second-order valence-corrected chi connectivity index (χ2v) is 4.73. The minimum absolute atomic E-state index is 0.0270. The van der Waals surface area contributed by atoms with Gasteiger partial charge in [-0.3, -0.25) is 4.79 Å². The lowest BCUT2D eigenvalue weighted by Crippen LogP contribution is -2.24. The van der Waals surface area contributed by atoms with Crippen molar-refractivity contribution in [3.8, 4) is 0 Å². The number of aromatic nitrogens is 1. The van der Waals surface area contributed by atoms with Gasteiger partial charge in [0.05, 0.1) is 0 Å². The standard InChI is InChI=1S/C10H9Cl2N5O/c11-8-2-7(3-9(12)15-8)17-5-6(1-10(17)18)4-14-16-13/h2-3,6H,1,4-5H2. The molecule has 0 spiro atoms. The average Bonchev–Trinajstić information content (AvgIpc) is 2.66. The van der Waals surface area contributed by atoms with Crippen LogP contribution >= 0.6 is 23.2 Å². The number of pyridine rings is 1. The zero-order valence-corrected chi connectivity index (χ0v) is 10.8. The molecule has 2 rings (SSSR count). The van der Waals surface area contributed by atoms with Gasteiger partial charge in [0.1, 0.15) is 10.3 Å². The van der Waals surface area contributed by atoms with Crippen LogP contribution in [0, 0.1) is 5.92 Å². The summed E-state index contributed by atoms with van der Waals surface area (Å²) >= 11 is 11.6. The molecule has 0 aromatic carbocycles. The van der Waals surface area contributed by atoms with Crippen LogP contribution in [0.1, 0.15) is 6.42 Å². The number of azide groups is 1. The second kappa shape index (κ2) is 5.44. The van der Waals surface area contributed by atoms with Crippen molar-refractivity contribution < 1.29 is 4.79 Å². The molecule has 0 aliphatic carbocycles. The van der Waals surface area contributed by atoms with E-state index < -0.39 is 0 Å². The number of carbonyl (C=O) groups excluding carboxylic acids is 1. The first-order chi connectivity index (χ1) is 8.60. The van der Waals surface area contributed by atoms with Gasteiger partial charge in [0.25, 0.3) is 0 Å². The molecule has 18 heavy (non-hydrogen) atoms. The molecule has 2 heterocycles. The Bertz CT molecular complexity index is 509. The minimum Gasteiger partial charge on any atom is -0.312 e. The van der Waals surface area contributed by atoms with Gasteiger partial charge in [-0.25, -0.2) is 4.98 Å². The van der Waals surface area contributed by atoms with E-state index in [1.807, 2.05) is 0 Å². The highest BCUT2D eigenvalue weighted by atomic mass is 35.5. The molecule has 1 atom stereocenters. The summed E-state index contributed by atoms with van der Waals surface area (Å²) in [6.07, 6.45) is 0.358. The fourth-order valence-electron chi connectivity index (χ4n) is 1.91. The van der Waals surface area contributed by atoms with Gasteiger partial charge in [0, 0.05) is 30.1 Å². The molecule has 0 N–H and O–H groups in total. The molecule has 1 saturated heterocycles. The molecule has 1 aromatic heterocycles. The summed E-state index contributed by atoms with van der Waals surface area (Å²) in [5, 5.41) is 3.97. The van der Waals surface area contributed by atoms with Crippen molar-refractivity contribution in [3.05, 3.63) is 32.9 Å². The molecule has 1 aromatic rings. The van der Waals surface area contributed by atoms with Crippen LogP contribution in [0.25, 0.3) is 10.4 Å². The molecule has 1 unspecified atom stereocenters. The Balaban J connectivity index is 2.18. The largest absolute Gasteiger partial charge is 0.312 e. The van der Waals surface area contributed by atoms with Crippen LogP contribution in [-0.4, -0.2) is 24.0 Å². The summed E-state index contributed by atoms with van der Waals surface area (Å²) in [5.41, 5.74) is 8.88. The first kappa shape index (κ1) is 13.0. The van der Waals surface area contributed by atoms with Gasteiger partial charge >= 0.3 is 0 Å². The van der Waals surface area contributed by atoms with Crippen LogP contribution in [-0.2, 0) is 4.79 Å². The molecular formula is C10H9Cl2N5O. The fraction of sp³-hybridized carbons (Fsp3) is 0.400. The normalized spacial score (nSPS) is 18.9. The Kier molecular flexibility index (Phi) is 3.91. The van der Waals surface area contributed by atoms with Gasteiger partial charge in [0.15, 0.2) is 0 Å². The summed E-state index contributed by atoms with van der Waals surface area (Å²) in [6.45, 7) is 0.805. The molecule has 1 aliphatic rings. The van der Waals surface area contributed by atoms with Crippen molar-refractivity contribution in [1.29, 1.82) is 0 Å². The summed E-state index contributed by atoms with van der Waals surface area (Å²) in [7, 11) is 0. The lowest BCUT2D eigenvalue weighted by atomic mass is 10.1. The molecule has 1 aliphatic heterocycles. The summed E-state index contributed by atoms with van der Waals surface area (Å²) < 4.78 is 0. The van der Waals surface area contributed by atoms with Crippen LogP contribution in [0.2, 0.25) is 10.3 Å². The quantitative estimate of drug-likeness (QED) is 0.370. The minimum atomic E-state index is -0.0357. The number of amides is 1. The predicted octanol–water partition coefficient (Wildman–Crippen LogP) is 3.05. The number of anilines is 1. The van der Waals surface area contributed by atoms with E-state index in [4.69, 9.17) is 28.7 Å². The van der Waals surface area contributed by atoms with E-state index in [0.717, 1.165) is 0 Å². The number of rotatable bonds is 3. The van der Waals surface area contributed by atoms with Crippen molar-refractivity contribution in [1.82, 2.24) is 4.98 Å². The zero-order chi connectivity index (χ0) is 13.1. The number of halogens is 2. The van der Waals surface area contributed by atoms with Crippen LogP contribution < -0.4 is 4.90 Å². The maximum absolute atomic E-state index is 11.9. The predicted molar refractivity (Wildman–Crippen MR) is 68.7 cm³/mol. The molecule has 1 fully saturated rings. The lowest BCUT2D eigenvalue weighted by Gasteiger charge is -2.16. The van der Waals surface area contributed by atoms with Gasteiger partial charge in [-0.2, -0.15) is 0 Å². The average molecular weight is 286 g/mol. The van der Waals surface area contributed by atoms with Crippen LogP contribution in [0.3, 0.4) is 0 Å². The van der Waals surface area contributed by atoms with Gasteiger partial charge < -0.3 is 4.90 Å². The van der Waals surface area contributed by atoms with Crippen LogP contribution in [0.15, 0.2) is 17.2 Å². The monoisotopic (exact) mass is 285 g/mol. The highest BCUT2D eigenvalue weighted by Gasteiger charge is 2.30. The SMILES string of the molecule is [N-]=[N+]=NCC1CC(=O)N(c2cc(Cl)nc(Cl)c2)C1. The Hall–Kier alpha value is -1.49. The Morgan fingerprint density at radius 2 is 2.17 bits per heavy atom. The molecule has 0 bridgehead atoms. The lowest BCUT2D eigenvalue weighted by molar-refractivity contribution is -0.117. The van der Waals surface area contributed by atoms with Gasteiger partial charge in [-0.1, -0.05) is 28.3 Å². The smallest absolute Gasteiger partial charge is 0.227 e. The van der Waals surface area contributed by atoms with Gasteiger partial charge in [-0.15, -0.1) is 0 Å². The van der Waals surface area contributed by atoms with E-state index in [2.05, 4.69) is 15.0 Å². The number of hydrogen-bond acceptors (Lipinski definition) is 3. The van der Waals surface area contributed by atoms with E-state index >= 15 is 0 Å². The first-order valence-electron chi connectivity index (χ1n) is 5.24. The van der Waals surface area contributed by atoms with Crippen molar-refractivity contribution >= 4 is 34.8 Å². The molecular weight excluding hydrogens is 277 g/mol. The van der Waals surface area contributed by atoms with Gasteiger partial charge in [-0.05, 0) is 23.6 Å². The molecule has 8 heteroatoms. The van der Waals surface area contributed by atoms with Crippen molar-refractivity contribution in [3.63, 3.8) is 0 Å². The number of carbonyl (C=O) groups is 1. The highest BCUT2D eigenvalue weighted by Crippen LogP contribution is 2.28. The van der Waals surface area contributed by atoms with E-state index in [-0.39, 0.29) is 22.1 Å². The first-order valence-corrected chi connectivity index (χ1v) is 6.00. The fourth-order valence-corrected chi connectivity index (χ4v) is 2.36. The third-order valence-corrected chi connectivity index (χ3v) is 3.05. The van der Waals surface area contributed by atoms with Crippen LogP contribution in [0.4, 0.5) is 5.69 Å². The molecule has 0 radical (unpaired) electrons. The van der Waals surface area contributed by atoms with Crippen molar-refractivity contribution in [2.24, 2.45) is 11.0 Å². The summed E-state index contributed by atoms with van der Waals surface area (Å²) in [4.78, 5) is 20.0. The Morgan fingerprint density at radius 3 is 2.78 bits per heavy atom. The molecule has 1 amide bonds. The summed E-state index contributed by atoms with van der Waals surface area (Å²) in [5.74, 6) is -0.00871. The third kappa shape index (κ3) is 2.85. The summed E-state index contributed by atoms with van der Waals surface area (Å²) in [6, 6.07) is 3.17. The van der Waals surface area contributed by atoms with E-state index in [1.165, 1.54) is 0 Å². The maximum Gasteiger partial charge on any atom is 0.227 e.